The van der Waals surface area contributed by atoms with Gasteiger partial charge in [0, 0.05) is 12.2 Å². The number of amides is 2. The van der Waals surface area contributed by atoms with Crippen molar-refractivity contribution in [2.45, 2.75) is 13.5 Å². The number of thiophene rings is 1. The van der Waals surface area contributed by atoms with E-state index >= 15 is 0 Å². The topological polar surface area (TPSA) is 78.4 Å². The van der Waals surface area contributed by atoms with Crippen molar-refractivity contribution in [2.75, 3.05) is 5.32 Å². The van der Waals surface area contributed by atoms with Gasteiger partial charge in [0.25, 0.3) is 0 Å². The highest BCUT2D eigenvalue weighted by atomic mass is 32.1. The summed E-state index contributed by atoms with van der Waals surface area (Å²) in [6, 6.07) is 6.35. The number of carbonyl (C=O) groups is 2. The van der Waals surface area contributed by atoms with Crippen molar-refractivity contribution in [3.05, 3.63) is 51.7 Å². The van der Waals surface area contributed by atoms with Gasteiger partial charge >= 0.3 is 12.0 Å². The number of aromatic carboxylic acids is 1. The molecule has 1 aromatic heterocycles. The van der Waals surface area contributed by atoms with Crippen LogP contribution in [0.4, 0.5) is 10.5 Å². The van der Waals surface area contributed by atoms with Crippen molar-refractivity contribution in [3.63, 3.8) is 0 Å². The molecule has 0 aliphatic rings. The van der Waals surface area contributed by atoms with Crippen molar-refractivity contribution in [3.8, 4) is 0 Å². The molecule has 0 atom stereocenters. The minimum Gasteiger partial charge on any atom is -0.478 e. The molecule has 3 N–H and O–H groups in total. The van der Waals surface area contributed by atoms with E-state index in [0.717, 1.165) is 5.56 Å². The molecule has 2 aromatic rings. The van der Waals surface area contributed by atoms with Crippen LogP contribution in [0.15, 0.2) is 35.0 Å². The van der Waals surface area contributed by atoms with Gasteiger partial charge in [-0.25, -0.2) is 9.59 Å². The molecule has 0 aliphatic carbocycles. The maximum atomic E-state index is 11.7. The lowest BCUT2D eigenvalue weighted by molar-refractivity contribution is 0.0696. The number of carbonyl (C=O) groups excluding carboxylic acids is 1. The lowest BCUT2D eigenvalue weighted by Crippen LogP contribution is -2.28. The number of carboxylic acids is 1. The molecule has 6 heteroatoms. The van der Waals surface area contributed by atoms with Crippen LogP contribution in [0.2, 0.25) is 0 Å². The van der Waals surface area contributed by atoms with Crippen molar-refractivity contribution in [2.24, 2.45) is 0 Å². The van der Waals surface area contributed by atoms with Crippen molar-refractivity contribution in [1.29, 1.82) is 0 Å². The predicted octanol–water partition coefficient (Wildman–Crippen LogP) is 3.08. The molecular weight excluding hydrogens is 276 g/mol. The van der Waals surface area contributed by atoms with Gasteiger partial charge in [-0.15, -0.1) is 0 Å². The zero-order valence-electron chi connectivity index (χ0n) is 10.8. The Kier molecular flexibility index (Phi) is 4.37. The molecule has 0 saturated heterocycles. The van der Waals surface area contributed by atoms with E-state index in [4.69, 9.17) is 5.11 Å². The second-order valence-corrected chi connectivity index (χ2v) is 5.05. The lowest BCUT2D eigenvalue weighted by Gasteiger charge is -2.09. The maximum absolute atomic E-state index is 11.7. The Hall–Kier alpha value is -2.34. The third kappa shape index (κ3) is 3.58. The van der Waals surface area contributed by atoms with E-state index in [9.17, 15) is 9.59 Å². The van der Waals surface area contributed by atoms with Gasteiger partial charge in [-0.2, -0.15) is 11.3 Å². The van der Waals surface area contributed by atoms with E-state index in [1.54, 1.807) is 30.4 Å². The zero-order valence-corrected chi connectivity index (χ0v) is 11.7. The maximum Gasteiger partial charge on any atom is 0.336 e. The third-order valence-corrected chi connectivity index (χ3v) is 3.49. The van der Waals surface area contributed by atoms with Crippen LogP contribution in [0.25, 0.3) is 0 Å². The molecule has 2 amide bonds. The Morgan fingerprint density at radius 1 is 1.30 bits per heavy atom. The highest BCUT2D eigenvalue weighted by Gasteiger charge is 2.09. The fourth-order valence-electron chi connectivity index (χ4n) is 1.68. The molecule has 0 bridgehead atoms. The first-order chi connectivity index (χ1) is 9.56. The normalized spacial score (nSPS) is 10.1. The second kappa shape index (κ2) is 6.21. The van der Waals surface area contributed by atoms with Crippen LogP contribution in [0, 0.1) is 6.92 Å². The van der Waals surface area contributed by atoms with E-state index in [0.29, 0.717) is 17.8 Å². The summed E-state index contributed by atoms with van der Waals surface area (Å²) in [6.45, 7) is 2.15. The van der Waals surface area contributed by atoms with E-state index in [1.165, 1.54) is 6.07 Å². The fourth-order valence-corrected chi connectivity index (χ4v) is 2.35. The molecule has 0 fully saturated rings. The Labute approximate surface area is 120 Å². The van der Waals surface area contributed by atoms with E-state index < -0.39 is 5.97 Å². The van der Waals surface area contributed by atoms with Crippen LogP contribution in [-0.2, 0) is 6.54 Å². The molecule has 104 valence electrons. The average molecular weight is 290 g/mol. The Bertz CT molecular complexity index is 623. The number of carboxylic acid groups (broad SMARTS) is 1. The quantitative estimate of drug-likeness (QED) is 0.809. The molecule has 0 saturated carbocycles. The highest BCUT2D eigenvalue weighted by molar-refractivity contribution is 7.07. The molecule has 0 radical (unpaired) electrons. The number of rotatable bonds is 4. The first-order valence-electron chi connectivity index (χ1n) is 5.96. The summed E-state index contributed by atoms with van der Waals surface area (Å²) >= 11 is 1.57. The molecule has 0 spiro atoms. The van der Waals surface area contributed by atoms with Crippen LogP contribution < -0.4 is 10.6 Å². The van der Waals surface area contributed by atoms with Crippen molar-refractivity contribution in [1.82, 2.24) is 5.32 Å². The van der Waals surface area contributed by atoms with Gasteiger partial charge in [0.05, 0.1) is 5.56 Å². The summed E-state index contributed by atoms with van der Waals surface area (Å²) in [4.78, 5) is 22.7. The number of urea groups is 1. The van der Waals surface area contributed by atoms with Crippen LogP contribution in [0.5, 0.6) is 0 Å². The predicted molar refractivity (Wildman–Crippen MR) is 78.3 cm³/mol. The highest BCUT2D eigenvalue weighted by Crippen LogP contribution is 2.15. The van der Waals surface area contributed by atoms with Gasteiger partial charge in [0.2, 0.25) is 0 Å². The summed E-state index contributed by atoms with van der Waals surface area (Å²) in [5, 5.41) is 18.2. The number of hydrogen-bond donors (Lipinski definition) is 3. The lowest BCUT2D eigenvalue weighted by atomic mass is 10.1. The smallest absolute Gasteiger partial charge is 0.336 e. The van der Waals surface area contributed by atoms with Gasteiger partial charge in [-0.1, -0.05) is 6.07 Å². The molecule has 0 aliphatic heterocycles. The largest absolute Gasteiger partial charge is 0.478 e. The average Bonchev–Trinajstić information content (AvgIpc) is 2.91. The van der Waals surface area contributed by atoms with E-state index in [2.05, 4.69) is 10.6 Å². The second-order valence-electron chi connectivity index (χ2n) is 4.27. The van der Waals surface area contributed by atoms with Gasteiger partial charge < -0.3 is 15.7 Å². The van der Waals surface area contributed by atoms with Gasteiger partial charge in [0.1, 0.15) is 0 Å². The summed E-state index contributed by atoms with van der Waals surface area (Å²) in [5.41, 5.74) is 2.32. The first kappa shape index (κ1) is 14.1. The van der Waals surface area contributed by atoms with Crippen LogP contribution >= 0.6 is 11.3 Å². The number of benzene rings is 1. The molecule has 2 rings (SSSR count). The van der Waals surface area contributed by atoms with E-state index in [1.807, 2.05) is 16.8 Å². The molecule has 5 nitrogen and oxygen atoms in total. The van der Waals surface area contributed by atoms with Gasteiger partial charge in [0.15, 0.2) is 0 Å². The number of anilines is 1. The number of nitrogens with one attached hydrogen (secondary N) is 2. The minimum atomic E-state index is -1.01. The van der Waals surface area contributed by atoms with Crippen molar-refractivity contribution < 1.29 is 14.7 Å². The summed E-state index contributed by atoms with van der Waals surface area (Å²) < 4.78 is 0. The van der Waals surface area contributed by atoms with Crippen LogP contribution in [0.3, 0.4) is 0 Å². The number of aryl methyl sites for hydroxylation is 1. The zero-order chi connectivity index (χ0) is 14.5. The van der Waals surface area contributed by atoms with Crippen molar-refractivity contribution >= 4 is 29.0 Å². The number of hydrogen-bond acceptors (Lipinski definition) is 3. The summed E-state index contributed by atoms with van der Waals surface area (Å²) in [6.07, 6.45) is 0. The third-order valence-electron chi connectivity index (χ3n) is 2.76. The Morgan fingerprint density at radius 3 is 2.75 bits per heavy atom. The SMILES string of the molecule is Cc1ccc(NC(=O)NCc2ccsc2)cc1C(=O)O. The molecule has 1 heterocycles. The van der Waals surface area contributed by atoms with E-state index in [-0.39, 0.29) is 11.6 Å². The van der Waals surface area contributed by atoms with Gasteiger partial charge in [-0.3, -0.25) is 0 Å². The van der Waals surface area contributed by atoms with Crippen LogP contribution in [-0.4, -0.2) is 17.1 Å². The Morgan fingerprint density at radius 2 is 2.10 bits per heavy atom. The monoisotopic (exact) mass is 290 g/mol. The minimum absolute atomic E-state index is 0.181. The molecule has 1 aromatic carbocycles. The fraction of sp³-hybridized carbons (Fsp3) is 0.143. The summed E-state index contributed by atoms with van der Waals surface area (Å²) in [7, 11) is 0. The molecule has 0 unspecified atom stereocenters. The van der Waals surface area contributed by atoms with Crippen LogP contribution in [0.1, 0.15) is 21.5 Å². The summed E-state index contributed by atoms with van der Waals surface area (Å²) in [5.74, 6) is -1.01. The molecule has 20 heavy (non-hydrogen) atoms. The standard InChI is InChI=1S/C14H14N2O3S/c1-9-2-3-11(6-12(9)13(17)18)16-14(19)15-7-10-4-5-20-8-10/h2-6,8H,7H2,1H3,(H,17,18)(H2,15,16,19). The first-order valence-corrected chi connectivity index (χ1v) is 6.90. The van der Waals surface area contributed by atoms with Gasteiger partial charge in [-0.05, 0) is 47.0 Å². The Balaban J connectivity index is 1.97. The molecular formula is C14H14N2O3S.